The van der Waals surface area contributed by atoms with E-state index in [-0.39, 0.29) is 25.7 Å². The lowest BCUT2D eigenvalue weighted by Crippen LogP contribution is -2.30. The number of unbranched alkanes of at least 4 members (excludes halogenated alkanes) is 42. The zero-order valence-corrected chi connectivity index (χ0v) is 64.6. The summed E-state index contributed by atoms with van der Waals surface area (Å²) in [5.74, 6) is 0.231. The predicted molar refractivity (Wildman–Crippen MR) is 391 cm³/mol. The van der Waals surface area contributed by atoms with Crippen LogP contribution in [0.5, 0.6) is 0 Å². The van der Waals surface area contributed by atoms with Gasteiger partial charge in [-0.3, -0.25) is 37.3 Å². The Balaban J connectivity index is 5.28. The predicted octanol–water partition coefficient (Wildman–Crippen LogP) is 22.6. The highest BCUT2D eigenvalue weighted by Crippen LogP contribution is 2.45. The van der Waals surface area contributed by atoms with Crippen LogP contribution < -0.4 is 0 Å². The van der Waals surface area contributed by atoms with Crippen molar-refractivity contribution < 1.29 is 80.2 Å². The first kappa shape index (κ1) is 94.1. The lowest BCUT2D eigenvalue weighted by Gasteiger charge is -2.21. The SMILES string of the molecule is CCCCCCCCCCCCCCCCC(=O)O[C@H](COC(=O)CCCCCCCCCCCCC(C)C)COP(=O)(O)OC[C@H](O)COP(=O)(O)OC[C@@H](COC(=O)CCCCCCCCCCCCC(C)CC)OC(=O)CCCCCCCCCCCCCCC(C)C. The largest absolute Gasteiger partial charge is 0.472 e. The van der Waals surface area contributed by atoms with E-state index in [1.807, 2.05) is 0 Å². The molecule has 0 rings (SSSR count). The molecule has 0 amide bonds. The van der Waals surface area contributed by atoms with Crippen molar-refractivity contribution in [2.45, 2.75) is 414 Å². The molecule has 0 aliphatic heterocycles. The fourth-order valence-electron chi connectivity index (χ4n) is 11.7. The number of carbonyl (C=O) groups is 4. The Morgan fingerprint density at radius 3 is 0.792 bits per heavy atom. The molecule has 0 heterocycles. The van der Waals surface area contributed by atoms with E-state index in [1.54, 1.807) is 0 Å². The first-order valence-electron chi connectivity index (χ1n) is 39.9. The van der Waals surface area contributed by atoms with E-state index in [0.717, 1.165) is 108 Å². The third kappa shape index (κ3) is 69.2. The van der Waals surface area contributed by atoms with E-state index in [4.69, 9.17) is 37.0 Å². The van der Waals surface area contributed by atoms with Crippen LogP contribution in [-0.4, -0.2) is 96.7 Å². The number of carbonyl (C=O) groups excluding carboxylic acids is 4. The molecular weight excluding hydrogens is 1260 g/mol. The Bertz CT molecular complexity index is 1870. The van der Waals surface area contributed by atoms with Gasteiger partial charge in [-0.05, 0) is 43.4 Å². The van der Waals surface area contributed by atoms with Gasteiger partial charge in [0.15, 0.2) is 12.2 Å². The third-order valence-corrected chi connectivity index (χ3v) is 20.1. The fourth-order valence-corrected chi connectivity index (χ4v) is 13.3. The number of phosphoric acid groups is 2. The summed E-state index contributed by atoms with van der Waals surface area (Å²) in [5.41, 5.74) is 0. The zero-order chi connectivity index (χ0) is 70.9. The molecule has 0 bridgehead atoms. The molecular formula is C77H150O17P2. The van der Waals surface area contributed by atoms with E-state index in [1.165, 1.54) is 205 Å². The monoisotopic (exact) mass is 1410 g/mol. The van der Waals surface area contributed by atoms with Crippen LogP contribution in [0.2, 0.25) is 0 Å². The van der Waals surface area contributed by atoms with Crippen molar-refractivity contribution in [3.05, 3.63) is 0 Å². The first-order valence-corrected chi connectivity index (χ1v) is 42.9. The van der Waals surface area contributed by atoms with Crippen molar-refractivity contribution in [2.75, 3.05) is 39.6 Å². The van der Waals surface area contributed by atoms with E-state index in [2.05, 4.69) is 48.5 Å². The maximum atomic E-state index is 13.1. The van der Waals surface area contributed by atoms with Gasteiger partial charge in [-0.2, -0.15) is 0 Å². The van der Waals surface area contributed by atoms with Gasteiger partial charge in [0.2, 0.25) is 0 Å². The van der Waals surface area contributed by atoms with Crippen molar-refractivity contribution >= 4 is 39.5 Å². The van der Waals surface area contributed by atoms with E-state index < -0.39 is 97.5 Å². The highest BCUT2D eigenvalue weighted by molar-refractivity contribution is 7.47. The van der Waals surface area contributed by atoms with Gasteiger partial charge >= 0.3 is 39.5 Å². The molecule has 0 saturated carbocycles. The van der Waals surface area contributed by atoms with Crippen LogP contribution >= 0.6 is 15.6 Å². The Morgan fingerprint density at radius 1 is 0.302 bits per heavy atom. The number of hydrogen-bond acceptors (Lipinski definition) is 15. The van der Waals surface area contributed by atoms with Gasteiger partial charge in [-0.1, -0.05) is 344 Å². The average Bonchev–Trinajstić information content (AvgIpc) is 1.84. The van der Waals surface area contributed by atoms with Crippen LogP contribution in [0.1, 0.15) is 395 Å². The maximum Gasteiger partial charge on any atom is 0.472 e. The fraction of sp³-hybridized carbons (Fsp3) is 0.948. The topological polar surface area (TPSA) is 237 Å². The average molecular weight is 1410 g/mol. The van der Waals surface area contributed by atoms with E-state index in [9.17, 15) is 43.2 Å². The number of ether oxygens (including phenoxy) is 4. The minimum Gasteiger partial charge on any atom is -0.462 e. The van der Waals surface area contributed by atoms with Crippen molar-refractivity contribution in [1.82, 2.24) is 0 Å². The molecule has 19 heteroatoms. The van der Waals surface area contributed by atoms with Crippen LogP contribution in [0.25, 0.3) is 0 Å². The second kappa shape index (κ2) is 67.5. The van der Waals surface area contributed by atoms with Crippen molar-refractivity contribution in [2.24, 2.45) is 17.8 Å². The number of aliphatic hydroxyl groups excluding tert-OH is 1. The summed E-state index contributed by atoms with van der Waals surface area (Å²) in [6, 6.07) is 0. The second-order valence-electron chi connectivity index (χ2n) is 28.9. The Hall–Kier alpha value is -1.94. The lowest BCUT2D eigenvalue weighted by atomic mass is 9.99. The molecule has 0 aromatic carbocycles. The highest BCUT2D eigenvalue weighted by atomic mass is 31.2. The molecule has 0 radical (unpaired) electrons. The van der Waals surface area contributed by atoms with Crippen LogP contribution in [0.15, 0.2) is 0 Å². The molecule has 6 atom stereocenters. The molecule has 0 aromatic heterocycles. The van der Waals surface area contributed by atoms with Gasteiger partial charge in [0.25, 0.3) is 0 Å². The van der Waals surface area contributed by atoms with Gasteiger partial charge in [0.1, 0.15) is 19.3 Å². The number of phosphoric ester groups is 2. The van der Waals surface area contributed by atoms with E-state index >= 15 is 0 Å². The number of esters is 4. The molecule has 17 nitrogen and oxygen atoms in total. The summed E-state index contributed by atoms with van der Waals surface area (Å²) in [5, 5.41) is 10.6. The highest BCUT2D eigenvalue weighted by Gasteiger charge is 2.30. The van der Waals surface area contributed by atoms with Gasteiger partial charge < -0.3 is 33.8 Å². The van der Waals surface area contributed by atoms with Crippen LogP contribution in [0.3, 0.4) is 0 Å². The molecule has 0 saturated heterocycles. The quantitative estimate of drug-likeness (QED) is 0.0222. The molecule has 0 aromatic rings. The van der Waals surface area contributed by atoms with Gasteiger partial charge in [0.05, 0.1) is 26.4 Å². The molecule has 3 unspecified atom stereocenters. The standard InChI is InChI=1S/C77H150O17P2/c1-8-10-11-12-13-14-15-16-17-21-32-39-46-53-60-76(81)93-72(64-87-74(79)58-51-44-37-30-25-23-28-35-42-49-56-69(5)6)66-91-95(83,84)89-62-71(78)63-90-96(85,86)92-67-73(65-88-75(80)59-52-45-38-31-26-24-29-36-43-50-57-70(7)9-2)94-77(82)61-54-47-40-33-22-19-18-20-27-34-41-48-55-68(3)4/h68-73,78H,8-67H2,1-7H3,(H,83,84)(H,85,86)/t70?,71-,72+,73+/m0/s1. The Kier molecular flexibility index (Phi) is 66.2. The summed E-state index contributed by atoms with van der Waals surface area (Å²) < 4.78 is 68.6. The minimum atomic E-state index is -4.96. The van der Waals surface area contributed by atoms with E-state index in [0.29, 0.717) is 25.7 Å². The summed E-state index contributed by atoms with van der Waals surface area (Å²) >= 11 is 0. The third-order valence-electron chi connectivity index (χ3n) is 18.2. The molecule has 0 aliphatic rings. The normalized spacial score (nSPS) is 14.3. The Labute approximate surface area is 588 Å². The molecule has 570 valence electrons. The molecule has 96 heavy (non-hydrogen) atoms. The number of rotatable bonds is 75. The zero-order valence-electron chi connectivity index (χ0n) is 62.8. The van der Waals surface area contributed by atoms with Gasteiger partial charge in [-0.25, -0.2) is 9.13 Å². The van der Waals surface area contributed by atoms with Crippen molar-refractivity contribution in [3.63, 3.8) is 0 Å². The van der Waals surface area contributed by atoms with Gasteiger partial charge in [0, 0.05) is 25.7 Å². The first-order chi connectivity index (χ1) is 46.3. The second-order valence-corrected chi connectivity index (χ2v) is 31.8. The van der Waals surface area contributed by atoms with Crippen molar-refractivity contribution in [3.8, 4) is 0 Å². The number of hydrogen-bond donors (Lipinski definition) is 3. The molecule has 0 fully saturated rings. The van der Waals surface area contributed by atoms with Gasteiger partial charge in [-0.15, -0.1) is 0 Å². The summed E-state index contributed by atoms with van der Waals surface area (Å²) in [6.07, 6.45) is 53.9. The van der Waals surface area contributed by atoms with Crippen molar-refractivity contribution in [1.29, 1.82) is 0 Å². The summed E-state index contributed by atoms with van der Waals surface area (Å²) in [7, 11) is -9.92. The van der Waals surface area contributed by atoms with Crippen LogP contribution in [0.4, 0.5) is 0 Å². The number of aliphatic hydroxyl groups is 1. The summed E-state index contributed by atoms with van der Waals surface area (Å²) in [4.78, 5) is 72.9. The molecule has 3 N–H and O–H groups in total. The molecule has 0 aliphatic carbocycles. The summed E-state index contributed by atoms with van der Waals surface area (Å²) in [6.45, 7) is 11.9. The lowest BCUT2D eigenvalue weighted by molar-refractivity contribution is -0.161. The van der Waals surface area contributed by atoms with Crippen LogP contribution in [-0.2, 0) is 65.4 Å². The maximum absolute atomic E-state index is 13.1. The minimum absolute atomic E-state index is 0.107. The Morgan fingerprint density at radius 2 is 0.531 bits per heavy atom. The molecule has 0 spiro atoms. The smallest absolute Gasteiger partial charge is 0.462 e. The van der Waals surface area contributed by atoms with Crippen LogP contribution in [0, 0.1) is 17.8 Å².